The van der Waals surface area contributed by atoms with Crippen molar-refractivity contribution in [1.29, 1.82) is 0 Å². The Hall–Kier alpha value is -2.99. The molecule has 28 heavy (non-hydrogen) atoms. The van der Waals surface area contributed by atoms with Gasteiger partial charge >= 0.3 is 0 Å². The molecule has 0 radical (unpaired) electrons. The quantitative estimate of drug-likeness (QED) is 0.754. The maximum absolute atomic E-state index is 13.1. The van der Waals surface area contributed by atoms with Gasteiger partial charge in [0.05, 0.1) is 18.1 Å². The molecule has 0 spiro atoms. The smallest absolute Gasteiger partial charge is 0.253 e. The van der Waals surface area contributed by atoms with Crippen LogP contribution < -0.4 is 0 Å². The Morgan fingerprint density at radius 3 is 2.64 bits per heavy atom. The van der Waals surface area contributed by atoms with Gasteiger partial charge in [-0.05, 0) is 42.7 Å². The zero-order chi connectivity index (χ0) is 19.5. The summed E-state index contributed by atoms with van der Waals surface area (Å²) in [4.78, 5) is 18.9. The molecule has 2 heterocycles. The lowest BCUT2D eigenvalue weighted by atomic mass is 10.0. The predicted octanol–water partition coefficient (Wildman–Crippen LogP) is 3.58. The number of benzene rings is 2. The number of halogens is 1. The molecule has 1 saturated heterocycles. The van der Waals surface area contributed by atoms with Crippen molar-refractivity contribution in [2.45, 2.75) is 25.0 Å². The number of aliphatic hydroxyl groups is 1. The molecule has 2 atom stereocenters. The van der Waals surface area contributed by atoms with E-state index >= 15 is 0 Å². The number of nitrogens with zero attached hydrogens (tertiary/aromatic N) is 3. The predicted molar refractivity (Wildman–Crippen MR) is 103 cm³/mol. The Morgan fingerprint density at radius 1 is 1.14 bits per heavy atom. The van der Waals surface area contributed by atoms with Crippen molar-refractivity contribution >= 4 is 5.91 Å². The first-order chi connectivity index (χ1) is 13.6. The standard InChI is InChI=1S/C22H22FN3O2/c23-18-10-8-17(9-11-18)22(28)25-12-4-7-19(13-25)26-14-20(24-15-26)21(27)16-5-2-1-3-6-16/h1-3,5-6,8-11,14-15,19,21,27H,4,7,12-13H2/t19-,21-/m0/s1. The molecule has 144 valence electrons. The molecule has 1 amide bonds. The third-order valence-electron chi connectivity index (χ3n) is 5.21. The summed E-state index contributed by atoms with van der Waals surface area (Å²) in [5, 5.41) is 10.5. The third-order valence-corrected chi connectivity index (χ3v) is 5.21. The molecule has 4 rings (SSSR count). The second-order valence-electron chi connectivity index (χ2n) is 7.11. The minimum atomic E-state index is -0.775. The molecule has 1 aromatic heterocycles. The number of aromatic nitrogens is 2. The van der Waals surface area contributed by atoms with Crippen LogP contribution in [0.3, 0.4) is 0 Å². The van der Waals surface area contributed by atoms with Gasteiger partial charge < -0.3 is 14.6 Å². The highest BCUT2D eigenvalue weighted by Crippen LogP contribution is 2.26. The van der Waals surface area contributed by atoms with Gasteiger partial charge in [-0.1, -0.05) is 30.3 Å². The van der Waals surface area contributed by atoms with Crippen molar-refractivity contribution in [3.05, 3.63) is 89.8 Å². The number of carbonyl (C=O) groups excluding carboxylic acids is 1. The summed E-state index contributed by atoms with van der Waals surface area (Å²) < 4.78 is 15.1. The number of imidazole rings is 1. The first-order valence-corrected chi connectivity index (χ1v) is 9.43. The first kappa shape index (κ1) is 18.4. The van der Waals surface area contributed by atoms with E-state index < -0.39 is 6.10 Å². The van der Waals surface area contributed by atoms with Crippen LogP contribution in [-0.2, 0) is 0 Å². The first-order valence-electron chi connectivity index (χ1n) is 9.43. The van der Waals surface area contributed by atoms with E-state index in [9.17, 15) is 14.3 Å². The van der Waals surface area contributed by atoms with E-state index in [0.717, 1.165) is 18.4 Å². The van der Waals surface area contributed by atoms with Crippen molar-refractivity contribution < 1.29 is 14.3 Å². The van der Waals surface area contributed by atoms with Crippen molar-refractivity contribution in [3.63, 3.8) is 0 Å². The number of carbonyl (C=O) groups is 1. The van der Waals surface area contributed by atoms with Crippen LogP contribution in [0.15, 0.2) is 67.1 Å². The summed E-state index contributed by atoms with van der Waals surface area (Å²) in [6.07, 6.45) is 4.62. The summed E-state index contributed by atoms with van der Waals surface area (Å²) in [5.41, 5.74) is 1.88. The Labute approximate surface area is 163 Å². The third kappa shape index (κ3) is 3.82. The van der Waals surface area contributed by atoms with Gasteiger partial charge in [0, 0.05) is 24.8 Å². The molecule has 0 unspecified atom stereocenters. The number of aliphatic hydroxyl groups excluding tert-OH is 1. The summed E-state index contributed by atoms with van der Waals surface area (Å²) in [6.45, 7) is 1.24. The molecule has 5 nitrogen and oxygen atoms in total. The normalized spacial score (nSPS) is 18.1. The average Bonchev–Trinajstić information content (AvgIpc) is 3.24. The maximum atomic E-state index is 13.1. The second kappa shape index (κ2) is 7.94. The number of amides is 1. The Balaban J connectivity index is 1.47. The SMILES string of the molecule is O=C(c1ccc(F)cc1)N1CCC[C@H](n2cnc([C@@H](O)c3ccccc3)c2)C1. The minimum absolute atomic E-state index is 0.0886. The lowest BCUT2D eigenvalue weighted by Crippen LogP contribution is -2.40. The molecule has 3 aromatic rings. The van der Waals surface area contributed by atoms with E-state index in [1.54, 1.807) is 11.2 Å². The number of hydrogen-bond donors (Lipinski definition) is 1. The summed E-state index contributed by atoms with van der Waals surface area (Å²) in [5.74, 6) is -0.439. The molecule has 1 aliphatic rings. The number of hydrogen-bond acceptors (Lipinski definition) is 3. The fourth-order valence-corrected chi connectivity index (χ4v) is 3.66. The van der Waals surface area contributed by atoms with Gasteiger partial charge in [0.25, 0.3) is 5.91 Å². The zero-order valence-electron chi connectivity index (χ0n) is 15.4. The van der Waals surface area contributed by atoms with E-state index in [2.05, 4.69) is 4.98 Å². The Bertz CT molecular complexity index is 940. The van der Waals surface area contributed by atoms with Crippen LogP contribution in [0.4, 0.5) is 4.39 Å². The molecular formula is C22H22FN3O2. The second-order valence-corrected chi connectivity index (χ2v) is 7.11. The lowest BCUT2D eigenvalue weighted by Gasteiger charge is -2.33. The zero-order valence-corrected chi connectivity index (χ0v) is 15.4. The van der Waals surface area contributed by atoms with Crippen molar-refractivity contribution in [1.82, 2.24) is 14.5 Å². The van der Waals surface area contributed by atoms with Crippen molar-refractivity contribution in [2.75, 3.05) is 13.1 Å². The van der Waals surface area contributed by atoms with E-state index in [-0.39, 0.29) is 17.8 Å². The van der Waals surface area contributed by atoms with Gasteiger partial charge in [0.15, 0.2) is 0 Å². The van der Waals surface area contributed by atoms with Crippen LogP contribution in [0, 0.1) is 5.82 Å². The highest BCUT2D eigenvalue weighted by Gasteiger charge is 2.26. The van der Waals surface area contributed by atoms with Crippen LogP contribution in [-0.4, -0.2) is 38.6 Å². The molecule has 1 aliphatic heterocycles. The molecule has 0 bridgehead atoms. The monoisotopic (exact) mass is 379 g/mol. The van der Waals surface area contributed by atoms with Crippen molar-refractivity contribution in [3.8, 4) is 0 Å². The molecule has 1 N–H and O–H groups in total. The van der Waals surface area contributed by atoms with E-state index in [0.29, 0.717) is 24.3 Å². The summed E-state index contributed by atoms with van der Waals surface area (Å²) in [7, 11) is 0. The van der Waals surface area contributed by atoms with E-state index in [1.807, 2.05) is 41.1 Å². The number of likely N-dealkylation sites (tertiary alicyclic amines) is 1. The summed E-state index contributed by atoms with van der Waals surface area (Å²) in [6, 6.07) is 15.2. The van der Waals surface area contributed by atoms with Crippen LogP contribution in [0.5, 0.6) is 0 Å². The highest BCUT2D eigenvalue weighted by molar-refractivity contribution is 5.94. The fourth-order valence-electron chi connectivity index (χ4n) is 3.66. The molecule has 1 fully saturated rings. The van der Waals surface area contributed by atoms with Gasteiger partial charge in [0.2, 0.25) is 0 Å². The Kier molecular flexibility index (Phi) is 5.21. The van der Waals surface area contributed by atoms with Crippen LogP contribution >= 0.6 is 0 Å². The van der Waals surface area contributed by atoms with Crippen LogP contribution in [0.2, 0.25) is 0 Å². The molecule has 0 saturated carbocycles. The average molecular weight is 379 g/mol. The lowest BCUT2D eigenvalue weighted by molar-refractivity contribution is 0.0679. The fraction of sp³-hybridized carbons (Fsp3) is 0.273. The van der Waals surface area contributed by atoms with Gasteiger partial charge in [-0.3, -0.25) is 4.79 Å². The van der Waals surface area contributed by atoms with Crippen LogP contribution in [0.25, 0.3) is 0 Å². The maximum Gasteiger partial charge on any atom is 0.253 e. The largest absolute Gasteiger partial charge is 0.382 e. The molecule has 6 heteroatoms. The van der Waals surface area contributed by atoms with Gasteiger partial charge in [-0.15, -0.1) is 0 Å². The van der Waals surface area contributed by atoms with Gasteiger partial charge in [-0.2, -0.15) is 0 Å². The molecular weight excluding hydrogens is 357 g/mol. The summed E-state index contributed by atoms with van der Waals surface area (Å²) >= 11 is 0. The van der Waals surface area contributed by atoms with Gasteiger partial charge in [0.1, 0.15) is 11.9 Å². The highest BCUT2D eigenvalue weighted by atomic mass is 19.1. The Morgan fingerprint density at radius 2 is 1.89 bits per heavy atom. The molecule has 0 aliphatic carbocycles. The minimum Gasteiger partial charge on any atom is -0.382 e. The van der Waals surface area contributed by atoms with Crippen molar-refractivity contribution in [2.24, 2.45) is 0 Å². The van der Waals surface area contributed by atoms with E-state index in [4.69, 9.17) is 0 Å². The van der Waals surface area contributed by atoms with E-state index in [1.165, 1.54) is 24.3 Å². The topological polar surface area (TPSA) is 58.4 Å². The molecule has 2 aromatic carbocycles. The number of piperidine rings is 1. The van der Waals surface area contributed by atoms with Gasteiger partial charge in [-0.25, -0.2) is 9.37 Å². The number of rotatable bonds is 4. The van der Waals surface area contributed by atoms with Crippen LogP contribution in [0.1, 0.15) is 46.6 Å².